The van der Waals surface area contributed by atoms with E-state index in [1.165, 1.54) is 6.42 Å². The molecule has 3 rings (SSSR count). The van der Waals surface area contributed by atoms with Gasteiger partial charge in [-0.05, 0) is 37.8 Å². The SMILES string of the molecule is FC(F)[C@H]1C[C@@H]1N=C(Nc1ccccc1)N1CCCCC1.I. The van der Waals surface area contributed by atoms with E-state index in [4.69, 9.17) is 0 Å². The monoisotopic (exact) mass is 421 g/mol. The lowest BCUT2D eigenvalue weighted by atomic mass is 10.1. The Morgan fingerprint density at radius 3 is 2.41 bits per heavy atom. The standard InChI is InChI=1S/C16H21F2N3.HI/c17-15(18)13-11-14(13)20-16(21-9-5-2-6-10-21)19-12-7-3-1-4-8-12;/h1,3-4,7-8,13-15H,2,5-6,9-11H2,(H,19,20);1H/t13-,14-;/m0./s1. The van der Waals surface area contributed by atoms with Gasteiger partial charge in [-0.25, -0.2) is 13.8 Å². The van der Waals surface area contributed by atoms with Gasteiger partial charge >= 0.3 is 0 Å². The largest absolute Gasteiger partial charge is 0.343 e. The van der Waals surface area contributed by atoms with Gasteiger partial charge in [0.05, 0.1) is 6.04 Å². The zero-order chi connectivity index (χ0) is 14.7. The van der Waals surface area contributed by atoms with E-state index in [2.05, 4.69) is 15.2 Å². The van der Waals surface area contributed by atoms with Crippen molar-refractivity contribution in [3.63, 3.8) is 0 Å². The number of rotatable bonds is 3. The normalized spacial score (nSPS) is 24.9. The van der Waals surface area contributed by atoms with Gasteiger partial charge in [-0.2, -0.15) is 0 Å². The van der Waals surface area contributed by atoms with E-state index in [1.54, 1.807) is 0 Å². The summed E-state index contributed by atoms with van der Waals surface area (Å²) in [6, 6.07) is 9.58. The first kappa shape index (κ1) is 17.4. The number of benzene rings is 1. The summed E-state index contributed by atoms with van der Waals surface area (Å²) in [4.78, 5) is 6.75. The van der Waals surface area contributed by atoms with Crippen molar-refractivity contribution in [2.75, 3.05) is 18.4 Å². The number of nitrogens with one attached hydrogen (secondary N) is 1. The number of nitrogens with zero attached hydrogens (tertiary/aromatic N) is 2. The predicted octanol–water partition coefficient (Wildman–Crippen LogP) is 4.21. The predicted molar refractivity (Wildman–Crippen MR) is 96.2 cm³/mol. The highest BCUT2D eigenvalue weighted by molar-refractivity contribution is 14.0. The molecule has 2 atom stereocenters. The van der Waals surface area contributed by atoms with Gasteiger partial charge in [0.2, 0.25) is 6.43 Å². The minimum absolute atomic E-state index is 0. The number of hydrogen-bond donors (Lipinski definition) is 1. The second-order valence-corrected chi connectivity index (χ2v) is 5.79. The molecule has 2 fully saturated rings. The van der Waals surface area contributed by atoms with Crippen LogP contribution >= 0.6 is 24.0 Å². The third-order valence-corrected chi connectivity index (χ3v) is 4.10. The van der Waals surface area contributed by atoms with Gasteiger partial charge < -0.3 is 10.2 Å². The molecule has 3 nitrogen and oxygen atoms in total. The molecule has 1 N–H and O–H groups in total. The molecule has 0 radical (unpaired) electrons. The summed E-state index contributed by atoms with van der Waals surface area (Å²) < 4.78 is 25.4. The van der Waals surface area contributed by atoms with E-state index >= 15 is 0 Å². The van der Waals surface area contributed by atoms with Crippen molar-refractivity contribution >= 4 is 35.6 Å². The highest BCUT2D eigenvalue weighted by Gasteiger charge is 2.44. The number of aliphatic imine (C=N–C) groups is 1. The topological polar surface area (TPSA) is 27.6 Å². The lowest BCUT2D eigenvalue weighted by Crippen LogP contribution is -2.40. The molecular weight excluding hydrogens is 399 g/mol. The van der Waals surface area contributed by atoms with Crippen molar-refractivity contribution < 1.29 is 8.78 Å². The molecule has 1 saturated heterocycles. The number of para-hydroxylation sites is 1. The Morgan fingerprint density at radius 1 is 1.14 bits per heavy atom. The second kappa shape index (κ2) is 8.08. The van der Waals surface area contributed by atoms with Crippen molar-refractivity contribution in [1.82, 2.24) is 4.90 Å². The van der Waals surface area contributed by atoms with Crippen LogP contribution in [0.4, 0.5) is 14.5 Å². The minimum atomic E-state index is -2.25. The number of piperidine rings is 1. The van der Waals surface area contributed by atoms with Gasteiger partial charge in [0.15, 0.2) is 5.96 Å². The Balaban J connectivity index is 0.00000176. The number of guanidine groups is 1. The minimum Gasteiger partial charge on any atom is -0.343 e. The van der Waals surface area contributed by atoms with E-state index in [1.807, 2.05) is 30.3 Å². The van der Waals surface area contributed by atoms with Crippen LogP contribution in [0.25, 0.3) is 0 Å². The van der Waals surface area contributed by atoms with Crippen LogP contribution in [-0.2, 0) is 0 Å². The number of halogens is 3. The first-order chi connectivity index (χ1) is 10.2. The average Bonchev–Trinajstić information content (AvgIpc) is 3.28. The maximum absolute atomic E-state index is 12.7. The molecule has 0 aromatic heterocycles. The summed E-state index contributed by atoms with van der Waals surface area (Å²) in [5, 5.41) is 3.31. The van der Waals surface area contributed by atoms with Crippen LogP contribution < -0.4 is 5.32 Å². The smallest absolute Gasteiger partial charge is 0.243 e. The lowest BCUT2D eigenvalue weighted by molar-refractivity contribution is 0.121. The summed E-state index contributed by atoms with van der Waals surface area (Å²) in [5.74, 6) is 0.205. The number of alkyl halides is 2. The van der Waals surface area contributed by atoms with E-state index in [0.717, 1.165) is 37.6 Å². The Bertz CT molecular complexity index is 489. The zero-order valence-corrected chi connectivity index (χ0v) is 14.8. The molecule has 1 saturated carbocycles. The van der Waals surface area contributed by atoms with Crippen LogP contribution in [0.5, 0.6) is 0 Å². The highest BCUT2D eigenvalue weighted by atomic mass is 127. The van der Waals surface area contributed by atoms with Gasteiger partial charge in [-0.1, -0.05) is 18.2 Å². The van der Waals surface area contributed by atoms with Gasteiger partial charge in [-0.3, -0.25) is 0 Å². The molecule has 0 amide bonds. The van der Waals surface area contributed by atoms with Crippen molar-refractivity contribution in [1.29, 1.82) is 0 Å². The molecule has 0 unspecified atom stereocenters. The first-order valence-corrected chi connectivity index (χ1v) is 7.67. The van der Waals surface area contributed by atoms with Gasteiger partial charge in [0.1, 0.15) is 0 Å². The van der Waals surface area contributed by atoms with Gasteiger partial charge in [-0.15, -0.1) is 24.0 Å². The molecule has 122 valence electrons. The van der Waals surface area contributed by atoms with Crippen molar-refractivity contribution in [3.8, 4) is 0 Å². The number of hydrogen-bond acceptors (Lipinski definition) is 1. The Kier molecular flexibility index (Phi) is 6.40. The Labute approximate surface area is 147 Å². The number of likely N-dealkylation sites (tertiary alicyclic amines) is 1. The van der Waals surface area contributed by atoms with Crippen LogP contribution in [-0.4, -0.2) is 36.4 Å². The Morgan fingerprint density at radius 2 is 1.82 bits per heavy atom. The summed E-state index contributed by atoms with van der Waals surface area (Å²) in [7, 11) is 0. The number of anilines is 1. The van der Waals surface area contributed by atoms with Crippen LogP contribution in [0.2, 0.25) is 0 Å². The molecule has 0 bridgehead atoms. The highest BCUT2D eigenvalue weighted by Crippen LogP contribution is 2.39. The fourth-order valence-corrected chi connectivity index (χ4v) is 2.73. The van der Waals surface area contributed by atoms with Gasteiger partial charge in [0, 0.05) is 24.7 Å². The first-order valence-electron chi connectivity index (χ1n) is 7.67. The summed E-state index contributed by atoms with van der Waals surface area (Å²) in [6.07, 6.45) is 1.76. The quantitative estimate of drug-likeness (QED) is 0.450. The van der Waals surface area contributed by atoms with Crippen LogP contribution in [0.3, 0.4) is 0 Å². The van der Waals surface area contributed by atoms with E-state index in [0.29, 0.717) is 6.42 Å². The summed E-state index contributed by atoms with van der Waals surface area (Å²) in [6.45, 7) is 1.90. The second-order valence-electron chi connectivity index (χ2n) is 5.79. The molecule has 1 heterocycles. The molecule has 1 aliphatic heterocycles. The molecule has 1 aromatic carbocycles. The lowest BCUT2D eigenvalue weighted by Gasteiger charge is -2.30. The molecule has 6 heteroatoms. The molecule has 1 aromatic rings. The van der Waals surface area contributed by atoms with E-state index in [-0.39, 0.29) is 30.0 Å². The summed E-state index contributed by atoms with van der Waals surface area (Å²) >= 11 is 0. The van der Waals surface area contributed by atoms with Crippen LogP contribution in [0.15, 0.2) is 35.3 Å². The van der Waals surface area contributed by atoms with Gasteiger partial charge in [0.25, 0.3) is 0 Å². The Hall–Kier alpha value is -0.920. The third-order valence-electron chi connectivity index (χ3n) is 4.10. The van der Waals surface area contributed by atoms with Crippen molar-refractivity contribution in [2.24, 2.45) is 10.9 Å². The van der Waals surface area contributed by atoms with Crippen molar-refractivity contribution in [2.45, 2.75) is 38.2 Å². The third kappa shape index (κ3) is 4.54. The fourth-order valence-electron chi connectivity index (χ4n) is 2.73. The van der Waals surface area contributed by atoms with Crippen LogP contribution in [0.1, 0.15) is 25.7 Å². The zero-order valence-electron chi connectivity index (χ0n) is 12.4. The molecule has 0 spiro atoms. The molecule has 1 aliphatic carbocycles. The van der Waals surface area contributed by atoms with Crippen LogP contribution in [0, 0.1) is 5.92 Å². The fraction of sp³-hybridized carbons (Fsp3) is 0.562. The van der Waals surface area contributed by atoms with E-state index in [9.17, 15) is 8.78 Å². The molecule has 2 aliphatic rings. The maximum Gasteiger partial charge on any atom is 0.243 e. The average molecular weight is 421 g/mol. The molecular formula is C16H22F2IN3. The maximum atomic E-state index is 12.7. The summed E-state index contributed by atoms with van der Waals surface area (Å²) in [5.41, 5.74) is 0.955. The molecule has 22 heavy (non-hydrogen) atoms. The van der Waals surface area contributed by atoms with Crippen molar-refractivity contribution in [3.05, 3.63) is 30.3 Å². The van der Waals surface area contributed by atoms with E-state index < -0.39 is 12.3 Å².